The van der Waals surface area contributed by atoms with E-state index in [9.17, 15) is 28.8 Å². The predicted octanol–water partition coefficient (Wildman–Crippen LogP) is 2.40. The van der Waals surface area contributed by atoms with Crippen molar-refractivity contribution in [1.29, 1.82) is 5.26 Å². The van der Waals surface area contributed by atoms with Crippen molar-refractivity contribution < 1.29 is 23.6 Å². The van der Waals surface area contributed by atoms with Crippen LogP contribution in [0.4, 0.5) is 4.39 Å². The fourth-order valence-electron chi connectivity index (χ4n) is 2.90. The van der Waals surface area contributed by atoms with E-state index in [1.54, 1.807) is 18.2 Å². The van der Waals surface area contributed by atoms with Gasteiger partial charge >= 0.3 is 0 Å². The number of amides is 2. The SMILES string of the molecule is N#C[C@@H](C(=O)CCN1C(=O)c2ccccc2C1=O)C(=O)c1ccccc1F. The molecular weight excluding hydrogens is 351 g/mol. The Labute approximate surface area is 153 Å². The lowest BCUT2D eigenvalue weighted by Crippen LogP contribution is -2.34. The van der Waals surface area contributed by atoms with Gasteiger partial charge in [0.2, 0.25) is 0 Å². The molecule has 0 radical (unpaired) electrons. The Bertz CT molecular complexity index is 974. The summed E-state index contributed by atoms with van der Waals surface area (Å²) < 4.78 is 13.7. The Morgan fingerprint density at radius 1 is 1.00 bits per heavy atom. The van der Waals surface area contributed by atoms with Crippen molar-refractivity contribution in [3.05, 3.63) is 71.0 Å². The predicted molar refractivity (Wildman–Crippen MR) is 91.3 cm³/mol. The van der Waals surface area contributed by atoms with Gasteiger partial charge in [-0.15, -0.1) is 0 Å². The number of halogens is 1. The van der Waals surface area contributed by atoms with Crippen molar-refractivity contribution in [3.8, 4) is 6.07 Å². The summed E-state index contributed by atoms with van der Waals surface area (Å²) in [7, 11) is 0. The third kappa shape index (κ3) is 3.25. The lowest BCUT2D eigenvalue weighted by atomic mass is 9.93. The molecule has 0 spiro atoms. The van der Waals surface area contributed by atoms with Crippen LogP contribution in [0.1, 0.15) is 37.5 Å². The zero-order chi connectivity index (χ0) is 19.6. The van der Waals surface area contributed by atoms with E-state index < -0.39 is 35.1 Å². The minimum atomic E-state index is -1.70. The highest BCUT2D eigenvalue weighted by atomic mass is 19.1. The summed E-state index contributed by atoms with van der Waals surface area (Å²) in [5, 5.41) is 9.20. The van der Waals surface area contributed by atoms with Gasteiger partial charge in [-0.25, -0.2) is 4.39 Å². The summed E-state index contributed by atoms with van der Waals surface area (Å²) in [5.41, 5.74) is 0.140. The smallest absolute Gasteiger partial charge is 0.261 e. The van der Waals surface area contributed by atoms with Gasteiger partial charge in [0.15, 0.2) is 17.5 Å². The molecule has 0 unspecified atom stereocenters. The molecule has 0 N–H and O–H groups in total. The zero-order valence-corrected chi connectivity index (χ0v) is 14.0. The number of hydrogen-bond acceptors (Lipinski definition) is 5. The lowest BCUT2D eigenvalue weighted by molar-refractivity contribution is -0.120. The number of Topliss-reactive ketones (excluding diaryl/α,β-unsaturated/α-hetero) is 2. The van der Waals surface area contributed by atoms with Crippen LogP contribution in [0.15, 0.2) is 48.5 Å². The Kier molecular flexibility index (Phi) is 4.90. The van der Waals surface area contributed by atoms with Gasteiger partial charge in [0.05, 0.1) is 22.8 Å². The van der Waals surface area contributed by atoms with Gasteiger partial charge in [0, 0.05) is 13.0 Å². The summed E-state index contributed by atoms with van der Waals surface area (Å²) in [6.07, 6.45) is -0.371. The molecule has 6 nitrogen and oxygen atoms in total. The molecule has 2 aromatic carbocycles. The van der Waals surface area contributed by atoms with Crippen LogP contribution in [-0.2, 0) is 4.79 Å². The van der Waals surface area contributed by atoms with Gasteiger partial charge < -0.3 is 0 Å². The summed E-state index contributed by atoms with van der Waals surface area (Å²) >= 11 is 0. The topological polar surface area (TPSA) is 95.3 Å². The van der Waals surface area contributed by atoms with Crippen LogP contribution in [0, 0.1) is 23.1 Å². The Morgan fingerprint density at radius 2 is 1.56 bits per heavy atom. The first-order valence-corrected chi connectivity index (χ1v) is 8.12. The fourth-order valence-corrected chi connectivity index (χ4v) is 2.90. The fraction of sp³-hybridized carbons (Fsp3) is 0.150. The zero-order valence-electron chi connectivity index (χ0n) is 14.0. The van der Waals surface area contributed by atoms with E-state index in [1.165, 1.54) is 30.3 Å². The van der Waals surface area contributed by atoms with Crippen molar-refractivity contribution in [1.82, 2.24) is 4.90 Å². The first kappa shape index (κ1) is 18.1. The molecule has 7 heteroatoms. The maximum Gasteiger partial charge on any atom is 0.261 e. The number of nitrogens with zero attached hydrogens (tertiary/aromatic N) is 2. The van der Waals surface area contributed by atoms with Crippen LogP contribution in [0.2, 0.25) is 0 Å². The van der Waals surface area contributed by atoms with E-state index in [1.807, 2.05) is 0 Å². The molecule has 2 aromatic rings. The van der Waals surface area contributed by atoms with Gasteiger partial charge in [-0.3, -0.25) is 24.1 Å². The van der Waals surface area contributed by atoms with E-state index in [0.29, 0.717) is 0 Å². The third-order valence-electron chi connectivity index (χ3n) is 4.31. The van der Waals surface area contributed by atoms with Crippen molar-refractivity contribution in [3.63, 3.8) is 0 Å². The number of imide groups is 1. The largest absolute Gasteiger partial charge is 0.298 e. The van der Waals surface area contributed by atoms with Crippen LogP contribution in [0.5, 0.6) is 0 Å². The number of hydrogen-bond donors (Lipinski definition) is 0. The molecular formula is C20H13FN2O4. The van der Waals surface area contributed by atoms with E-state index in [-0.39, 0.29) is 29.7 Å². The van der Waals surface area contributed by atoms with Gasteiger partial charge in [-0.1, -0.05) is 24.3 Å². The van der Waals surface area contributed by atoms with Gasteiger partial charge in [0.25, 0.3) is 11.8 Å². The van der Waals surface area contributed by atoms with Crippen molar-refractivity contribution in [2.24, 2.45) is 5.92 Å². The van der Waals surface area contributed by atoms with E-state index >= 15 is 0 Å². The molecule has 2 amide bonds. The summed E-state index contributed by atoms with van der Waals surface area (Å²) in [4.78, 5) is 50.1. The van der Waals surface area contributed by atoms with Crippen LogP contribution in [0.25, 0.3) is 0 Å². The van der Waals surface area contributed by atoms with E-state index in [2.05, 4.69) is 0 Å². The number of benzene rings is 2. The molecule has 0 aliphatic carbocycles. The number of rotatable bonds is 6. The summed E-state index contributed by atoms with van der Waals surface area (Å²) in [6.45, 7) is -0.256. The van der Waals surface area contributed by atoms with E-state index in [0.717, 1.165) is 11.0 Å². The number of carbonyl (C=O) groups excluding carboxylic acids is 4. The van der Waals surface area contributed by atoms with Crippen LogP contribution >= 0.6 is 0 Å². The van der Waals surface area contributed by atoms with Crippen LogP contribution < -0.4 is 0 Å². The molecule has 0 aromatic heterocycles. The molecule has 0 bridgehead atoms. The molecule has 1 aliphatic heterocycles. The van der Waals surface area contributed by atoms with Crippen LogP contribution in [-0.4, -0.2) is 34.8 Å². The monoisotopic (exact) mass is 364 g/mol. The average molecular weight is 364 g/mol. The highest BCUT2D eigenvalue weighted by molar-refractivity contribution is 6.21. The third-order valence-corrected chi connectivity index (χ3v) is 4.31. The van der Waals surface area contributed by atoms with E-state index in [4.69, 9.17) is 0 Å². The average Bonchev–Trinajstić information content (AvgIpc) is 2.91. The minimum absolute atomic E-state index is 0.245. The number of fused-ring (bicyclic) bond motifs is 1. The van der Waals surface area contributed by atoms with Crippen molar-refractivity contribution >= 4 is 23.4 Å². The van der Waals surface area contributed by atoms with Crippen molar-refractivity contribution in [2.45, 2.75) is 6.42 Å². The summed E-state index contributed by atoms with van der Waals surface area (Å²) in [6, 6.07) is 12.9. The number of nitriles is 1. The molecule has 0 saturated carbocycles. The first-order valence-electron chi connectivity index (χ1n) is 8.12. The molecule has 1 atom stereocenters. The second kappa shape index (κ2) is 7.30. The molecule has 1 heterocycles. The van der Waals surface area contributed by atoms with Crippen molar-refractivity contribution in [2.75, 3.05) is 6.54 Å². The molecule has 27 heavy (non-hydrogen) atoms. The quantitative estimate of drug-likeness (QED) is 0.446. The number of carbonyl (C=O) groups is 4. The number of ketones is 2. The Balaban J connectivity index is 1.71. The standard InChI is InChI=1S/C20H13FN2O4/c21-16-8-4-3-7-14(16)18(25)15(11-22)17(24)9-10-23-19(26)12-5-1-2-6-13(12)20(23)27/h1-8,15H,9-10H2/t15-/m0/s1. The Morgan fingerprint density at radius 3 is 2.11 bits per heavy atom. The van der Waals surface area contributed by atoms with Gasteiger partial charge in [-0.2, -0.15) is 5.26 Å². The highest BCUT2D eigenvalue weighted by Crippen LogP contribution is 2.23. The van der Waals surface area contributed by atoms with Gasteiger partial charge in [0.1, 0.15) is 5.82 Å². The maximum absolute atomic E-state index is 13.7. The molecule has 0 saturated heterocycles. The summed E-state index contributed by atoms with van der Waals surface area (Å²) in [5.74, 6) is -5.30. The Hall–Kier alpha value is -3.66. The molecule has 1 aliphatic rings. The van der Waals surface area contributed by atoms with Crippen LogP contribution in [0.3, 0.4) is 0 Å². The van der Waals surface area contributed by atoms with Gasteiger partial charge in [-0.05, 0) is 24.3 Å². The second-order valence-electron chi connectivity index (χ2n) is 5.93. The first-order chi connectivity index (χ1) is 13.0. The highest BCUT2D eigenvalue weighted by Gasteiger charge is 2.36. The second-order valence-corrected chi connectivity index (χ2v) is 5.93. The molecule has 134 valence electrons. The minimum Gasteiger partial charge on any atom is -0.298 e. The maximum atomic E-state index is 13.7. The lowest BCUT2D eigenvalue weighted by Gasteiger charge is -2.14. The normalized spacial score (nSPS) is 13.9. The molecule has 3 rings (SSSR count). The molecule has 0 fully saturated rings.